The number of rotatable bonds is 3. The zero-order valence-corrected chi connectivity index (χ0v) is 6.82. The molecule has 1 atom stereocenters. The van der Waals surface area contributed by atoms with Gasteiger partial charge in [0, 0.05) is 6.42 Å². The van der Waals surface area contributed by atoms with Crippen LogP contribution in [0.15, 0.2) is 4.99 Å². The number of carbonyl (C=O) groups is 1. The van der Waals surface area contributed by atoms with E-state index < -0.39 is 5.97 Å². The van der Waals surface area contributed by atoms with Gasteiger partial charge in [-0.3, -0.25) is 4.79 Å². The monoisotopic (exact) mass is 173 g/mol. The molecule has 0 saturated carbocycles. The van der Waals surface area contributed by atoms with Crippen molar-refractivity contribution in [3.8, 4) is 0 Å². The predicted molar refractivity (Wildman–Crippen MR) is 41.1 cm³/mol. The lowest BCUT2D eigenvalue weighted by Gasteiger charge is -1.99. The summed E-state index contributed by atoms with van der Waals surface area (Å²) in [6.07, 6.45) is 0.877. The first-order valence-electron chi connectivity index (χ1n) is 3.68. The minimum atomic E-state index is -0.809. The highest BCUT2D eigenvalue weighted by Gasteiger charge is 2.19. The normalized spacial score (nSPS) is 21.4. The molecule has 0 bridgehead atoms. The fraction of sp³-hybridized carbons (Fsp3) is 0.714. The van der Waals surface area contributed by atoms with Crippen LogP contribution in [0.3, 0.4) is 0 Å². The summed E-state index contributed by atoms with van der Waals surface area (Å²) in [5.41, 5.74) is 0. The van der Waals surface area contributed by atoms with E-state index in [9.17, 15) is 4.79 Å². The van der Waals surface area contributed by atoms with Crippen molar-refractivity contribution in [3.05, 3.63) is 0 Å². The van der Waals surface area contributed by atoms with E-state index in [0.29, 0.717) is 13.0 Å². The Hall–Kier alpha value is -1.26. The van der Waals surface area contributed by atoms with E-state index in [4.69, 9.17) is 14.6 Å². The third-order valence-corrected chi connectivity index (χ3v) is 1.55. The lowest BCUT2D eigenvalue weighted by Crippen LogP contribution is -2.08. The molecular formula is C7H11NO4. The number of nitrogens with zero attached hydrogens (tertiary/aromatic N) is 1. The largest absolute Gasteiger partial charge is 0.481 e. The van der Waals surface area contributed by atoms with Crippen LogP contribution in [-0.4, -0.2) is 36.9 Å². The van der Waals surface area contributed by atoms with Crippen LogP contribution >= 0.6 is 0 Å². The van der Waals surface area contributed by atoms with Crippen molar-refractivity contribution in [2.45, 2.75) is 18.9 Å². The molecular weight excluding hydrogens is 162 g/mol. The third-order valence-electron chi connectivity index (χ3n) is 1.55. The van der Waals surface area contributed by atoms with Gasteiger partial charge in [0.1, 0.15) is 6.61 Å². The average molecular weight is 173 g/mol. The highest BCUT2D eigenvalue weighted by molar-refractivity contribution is 5.69. The van der Waals surface area contributed by atoms with Gasteiger partial charge in [0.2, 0.25) is 0 Å². The van der Waals surface area contributed by atoms with Gasteiger partial charge < -0.3 is 14.6 Å². The summed E-state index contributed by atoms with van der Waals surface area (Å²) in [7, 11) is 1.47. The summed E-state index contributed by atoms with van der Waals surface area (Å²) >= 11 is 0. The molecule has 12 heavy (non-hydrogen) atoms. The SMILES string of the molecule is COC1=NC(CCC(=O)O)CO1. The van der Waals surface area contributed by atoms with Gasteiger partial charge in [-0.25, -0.2) is 4.99 Å². The van der Waals surface area contributed by atoms with Gasteiger partial charge in [-0.15, -0.1) is 0 Å². The molecule has 1 aliphatic rings. The summed E-state index contributed by atoms with van der Waals surface area (Å²) in [6.45, 7) is 0.427. The van der Waals surface area contributed by atoms with Crippen molar-refractivity contribution < 1.29 is 19.4 Å². The van der Waals surface area contributed by atoms with E-state index in [1.54, 1.807) is 0 Å². The van der Waals surface area contributed by atoms with E-state index in [1.807, 2.05) is 0 Å². The number of aliphatic carboxylic acids is 1. The molecule has 0 spiro atoms. The van der Waals surface area contributed by atoms with Crippen LogP contribution in [0.25, 0.3) is 0 Å². The third kappa shape index (κ3) is 2.41. The molecule has 1 heterocycles. The Balaban J connectivity index is 2.27. The van der Waals surface area contributed by atoms with E-state index in [2.05, 4.69) is 4.99 Å². The number of carboxylic acid groups (broad SMARTS) is 1. The maximum atomic E-state index is 10.2. The van der Waals surface area contributed by atoms with Crippen LogP contribution in [0, 0.1) is 0 Å². The second-order valence-corrected chi connectivity index (χ2v) is 2.50. The molecule has 0 radical (unpaired) electrons. The van der Waals surface area contributed by atoms with Crippen molar-refractivity contribution in [1.82, 2.24) is 0 Å². The molecule has 0 aromatic carbocycles. The first-order chi connectivity index (χ1) is 5.72. The van der Waals surface area contributed by atoms with Crippen molar-refractivity contribution in [2.24, 2.45) is 4.99 Å². The van der Waals surface area contributed by atoms with Crippen LogP contribution in [0.5, 0.6) is 0 Å². The molecule has 0 amide bonds. The van der Waals surface area contributed by atoms with Crippen LogP contribution in [0.4, 0.5) is 0 Å². The Morgan fingerprint density at radius 2 is 2.67 bits per heavy atom. The first-order valence-corrected chi connectivity index (χ1v) is 3.68. The van der Waals surface area contributed by atoms with E-state index >= 15 is 0 Å². The number of methoxy groups -OCH3 is 1. The molecule has 0 fully saturated rings. The second-order valence-electron chi connectivity index (χ2n) is 2.50. The van der Waals surface area contributed by atoms with E-state index in [0.717, 1.165) is 0 Å². The van der Waals surface area contributed by atoms with E-state index in [1.165, 1.54) is 7.11 Å². The Morgan fingerprint density at radius 1 is 1.92 bits per heavy atom. The number of hydrogen-bond acceptors (Lipinski definition) is 4. The number of carboxylic acids is 1. The molecule has 1 rings (SSSR count). The molecule has 0 aromatic heterocycles. The average Bonchev–Trinajstić information content (AvgIpc) is 2.48. The minimum Gasteiger partial charge on any atom is -0.481 e. The quantitative estimate of drug-likeness (QED) is 0.664. The van der Waals surface area contributed by atoms with Crippen molar-refractivity contribution in [3.63, 3.8) is 0 Å². The Bertz CT molecular complexity index is 202. The number of aliphatic imine (C=N–C) groups is 1. The van der Waals surface area contributed by atoms with E-state index in [-0.39, 0.29) is 18.5 Å². The topological polar surface area (TPSA) is 68.1 Å². The number of ether oxygens (including phenoxy) is 2. The van der Waals surface area contributed by atoms with Gasteiger partial charge in [0.05, 0.1) is 13.2 Å². The maximum Gasteiger partial charge on any atom is 0.383 e. The highest BCUT2D eigenvalue weighted by atomic mass is 16.7. The summed E-state index contributed by atoms with van der Waals surface area (Å²) in [6, 6.07) is -0.0592. The molecule has 5 nitrogen and oxygen atoms in total. The van der Waals surface area contributed by atoms with Gasteiger partial charge in [0.25, 0.3) is 0 Å². The predicted octanol–water partition coefficient (Wildman–Crippen LogP) is 0.252. The Labute approximate surface area is 70.0 Å². The summed E-state index contributed by atoms with van der Waals surface area (Å²) < 4.78 is 9.71. The maximum absolute atomic E-state index is 10.2. The molecule has 5 heteroatoms. The van der Waals surface area contributed by atoms with Crippen LogP contribution in [-0.2, 0) is 14.3 Å². The van der Waals surface area contributed by atoms with Crippen molar-refractivity contribution in [1.29, 1.82) is 0 Å². The summed E-state index contributed by atoms with van der Waals surface area (Å²) in [5, 5.41) is 8.38. The molecule has 68 valence electrons. The molecule has 1 N–H and O–H groups in total. The van der Waals surface area contributed by atoms with Gasteiger partial charge >= 0.3 is 12.1 Å². The van der Waals surface area contributed by atoms with Gasteiger partial charge in [-0.1, -0.05) is 0 Å². The first kappa shape index (κ1) is 8.83. The standard InChI is InChI=1S/C7H11NO4/c1-11-7-8-5(4-12-7)2-3-6(9)10/h5H,2-4H2,1H3,(H,9,10). The molecule has 0 aromatic rings. The molecule has 0 aliphatic carbocycles. The molecule has 0 saturated heterocycles. The van der Waals surface area contributed by atoms with Gasteiger partial charge in [-0.2, -0.15) is 0 Å². The fourth-order valence-corrected chi connectivity index (χ4v) is 0.941. The fourth-order valence-electron chi connectivity index (χ4n) is 0.941. The van der Waals surface area contributed by atoms with Gasteiger partial charge in [-0.05, 0) is 6.42 Å². The summed E-state index contributed by atoms with van der Waals surface area (Å²) in [5.74, 6) is -0.809. The summed E-state index contributed by atoms with van der Waals surface area (Å²) in [4.78, 5) is 14.2. The lowest BCUT2D eigenvalue weighted by molar-refractivity contribution is -0.137. The lowest BCUT2D eigenvalue weighted by atomic mass is 10.2. The zero-order valence-electron chi connectivity index (χ0n) is 6.82. The van der Waals surface area contributed by atoms with Crippen LogP contribution < -0.4 is 0 Å². The highest BCUT2D eigenvalue weighted by Crippen LogP contribution is 2.10. The zero-order chi connectivity index (χ0) is 8.97. The molecule has 1 unspecified atom stereocenters. The van der Waals surface area contributed by atoms with Crippen molar-refractivity contribution in [2.75, 3.05) is 13.7 Å². The van der Waals surface area contributed by atoms with Crippen LogP contribution in [0.1, 0.15) is 12.8 Å². The van der Waals surface area contributed by atoms with Gasteiger partial charge in [0.15, 0.2) is 0 Å². The van der Waals surface area contributed by atoms with Crippen LogP contribution in [0.2, 0.25) is 0 Å². The Kier molecular flexibility index (Phi) is 2.90. The minimum absolute atomic E-state index is 0.0592. The number of hydrogen-bond donors (Lipinski definition) is 1. The second kappa shape index (κ2) is 3.94. The Morgan fingerprint density at radius 3 is 3.17 bits per heavy atom. The van der Waals surface area contributed by atoms with Crippen molar-refractivity contribution >= 4 is 12.1 Å². The molecule has 1 aliphatic heterocycles. The smallest absolute Gasteiger partial charge is 0.383 e.